The second kappa shape index (κ2) is 10.7. The molecule has 1 N–H and O–H groups in total. The molecule has 0 amide bonds. The van der Waals surface area contributed by atoms with Gasteiger partial charge in [0, 0.05) is 13.1 Å². The average Bonchev–Trinajstić information content (AvgIpc) is 2.47. The van der Waals surface area contributed by atoms with E-state index in [1.54, 1.807) is 0 Å². The lowest BCUT2D eigenvalue weighted by atomic mass is 10.2. The number of hydrogen-bond donors (Lipinski definition) is 1. The van der Waals surface area contributed by atoms with Gasteiger partial charge in [0.15, 0.2) is 0 Å². The molecule has 0 bridgehead atoms. The first-order chi connectivity index (χ1) is 9.76. The van der Waals surface area contributed by atoms with Gasteiger partial charge in [-0.2, -0.15) is 0 Å². The second-order valence-corrected chi connectivity index (χ2v) is 5.28. The highest BCUT2D eigenvalue weighted by Gasteiger charge is 1.99. The van der Waals surface area contributed by atoms with Crippen molar-refractivity contribution in [1.82, 2.24) is 10.2 Å². The smallest absolute Gasteiger partial charge is 0.119 e. The van der Waals surface area contributed by atoms with Crippen molar-refractivity contribution in [1.29, 1.82) is 0 Å². The molecule has 3 nitrogen and oxygen atoms in total. The van der Waals surface area contributed by atoms with Crippen molar-refractivity contribution in [3.63, 3.8) is 0 Å². The molecule has 0 radical (unpaired) electrons. The number of benzene rings is 1. The van der Waals surface area contributed by atoms with E-state index in [1.807, 2.05) is 0 Å². The highest BCUT2D eigenvalue weighted by atomic mass is 16.5. The predicted octanol–water partition coefficient (Wildman–Crippen LogP) is 3.30. The van der Waals surface area contributed by atoms with Crippen LogP contribution in [0.2, 0.25) is 0 Å². The lowest BCUT2D eigenvalue weighted by molar-refractivity contribution is 0.235. The van der Waals surface area contributed by atoms with E-state index in [9.17, 15) is 0 Å². The Bertz CT molecular complexity index is 337. The Balaban J connectivity index is 2.18. The van der Waals surface area contributed by atoms with Crippen LogP contribution in [0.5, 0.6) is 5.75 Å². The van der Waals surface area contributed by atoms with Crippen molar-refractivity contribution in [3.8, 4) is 5.75 Å². The zero-order valence-corrected chi connectivity index (χ0v) is 13.3. The molecule has 0 aliphatic heterocycles. The van der Waals surface area contributed by atoms with E-state index >= 15 is 0 Å². The first kappa shape index (κ1) is 17.0. The van der Waals surface area contributed by atoms with Crippen molar-refractivity contribution in [3.05, 3.63) is 29.8 Å². The first-order valence-corrected chi connectivity index (χ1v) is 7.87. The molecule has 20 heavy (non-hydrogen) atoms. The van der Waals surface area contributed by atoms with Gasteiger partial charge in [-0.25, -0.2) is 0 Å². The Morgan fingerprint density at radius 2 is 1.80 bits per heavy atom. The van der Waals surface area contributed by atoms with Crippen LogP contribution < -0.4 is 10.1 Å². The largest absolute Gasteiger partial charge is 0.492 e. The minimum absolute atomic E-state index is 0.759. The summed E-state index contributed by atoms with van der Waals surface area (Å²) in [6, 6.07) is 8.37. The van der Waals surface area contributed by atoms with Gasteiger partial charge in [0.1, 0.15) is 12.4 Å². The van der Waals surface area contributed by atoms with Crippen molar-refractivity contribution in [2.24, 2.45) is 0 Å². The van der Waals surface area contributed by atoms with Gasteiger partial charge in [0.25, 0.3) is 0 Å². The zero-order chi connectivity index (χ0) is 14.6. The molecule has 0 saturated heterocycles. The topological polar surface area (TPSA) is 24.5 Å². The fraction of sp³-hybridized carbons (Fsp3) is 0.647. The number of hydrogen-bond acceptors (Lipinski definition) is 3. The maximum Gasteiger partial charge on any atom is 0.119 e. The molecule has 0 aromatic heterocycles. The van der Waals surface area contributed by atoms with Crippen LogP contribution in [0.25, 0.3) is 0 Å². The van der Waals surface area contributed by atoms with E-state index in [0.717, 1.165) is 32.0 Å². The molecule has 114 valence electrons. The highest BCUT2D eigenvalue weighted by molar-refractivity contribution is 5.27. The van der Waals surface area contributed by atoms with Gasteiger partial charge in [-0.05, 0) is 44.3 Å². The van der Waals surface area contributed by atoms with Gasteiger partial charge >= 0.3 is 0 Å². The van der Waals surface area contributed by atoms with Gasteiger partial charge in [-0.15, -0.1) is 0 Å². The Morgan fingerprint density at radius 1 is 1.05 bits per heavy atom. The molecule has 0 saturated carbocycles. The zero-order valence-electron chi connectivity index (χ0n) is 13.3. The summed E-state index contributed by atoms with van der Waals surface area (Å²) in [6.45, 7) is 9.20. The lowest BCUT2D eigenvalue weighted by Gasteiger charge is -2.16. The van der Waals surface area contributed by atoms with Gasteiger partial charge in [0.2, 0.25) is 0 Å². The molecule has 0 spiro atoms. The highest BCUT2D eigenvalue weighted by Crippen LogP contribution is 2.12. The Hall–Kier alpha value is -1.06. The van der Waals surface area contributed by atoms with E-state index in [4.69, 9.17) is 4.74 Å². The molecular formula is C17H30N2O. The first-order valence-electron chi connectivity index (χ1n) is 7.87. The Morgan fingerprint density at radius 3 is 2.45 bits per heavy atom. The summed E-state index contributed by atoms with van der Waals surface area (Å²) < 4.78 is 5.78. The molecule has 0 unspecified atom stereocenters. The summed E-state index contributed by atoms with van der Waals surface area (Å²) >= 11 is 0. The predicted molar refractivity (Wildman–Crippen MR) is 86.3 cm³/mol. The van der Waals surface area contributed by atoms with Crippen molar-refractivity contribution >= 4 is 0 Å². The number of ether oxygens (including phenoxy) is 1. The van der Waals surface area contributed by atoms with Crippen LogP contribution in [0.4, 0.5) is 0 Å². The van der Waals surface area contributed by atoms with Crippen LogP contribution in [0.1, 0.15) is 38.7 Å². The van der Waals surface area contributed by atoms with E-state index in [-0.39, 0.29) is 0 Å². The van der Waals surface area contributed by atoms with Crippen molar-refractivity contribution < 1.29 is 4.74 Å². The normalized spacial score (nSPS) is 11.0. The van der Waals surface area contributed by atoms with E-state index in [0.29, 0.717) is 0 Å². The summed E-state index contributed by atoms with van der Waals surface area (Å²) in [5.74, 6) is 0.965. The van der Waals surface area contributed by atoms with E-state index < -0.39 is 0 Å². The maximum atomic E-state index is 5.78. The second-order valence-electron chi connectivity index (χ2n) is 5.28. The summed E-state index contributed by atoms with van der Waals surface area (Å²) in [7, 11) is 2.17. The SMILES string of the molecule is CCCCCN(C)CCOc1ccc(CNCC)cc1. The third-order valence-electron chi connectivity index (χ3n) is 3.39. The number of unbranched alkanes of at least 4 members (excludes halogenated alkanes) is 2. The summed E-state index contributed by atoms with van der Waals surface area (Å²) in [5, 5.41) is 3.32. The molecule has 1 aromatic rings. The van der Waals surface area contributed by atoms with Gasteiger partial charge in [-0.1, -0.05) is 38.8 Å². The van der Waals surface area contributed by atoms with Crippen molar-refractivity contribution in [2.75, 3.05) is 33.3 Å². The third-order valence-corrected chi connectivity index (χ3v) is 3.39. The standard InChI is InChI=1S/C17H30N2O/c1-4-6-7-12-19(3)13-14-20-17-10-8-16(9-11-17)15-18-5-2/h8-11,18H,4-7,12-15H2,1-3H3. The van der Waals surface area contributed by atoms with Gasteiger partial charge < -0.3 is 15.0 Å². The molecule has 0 atom stereocenters. The number of rotatable bonds is 11. The van der Waals surface area contributed by atoms with Crippen LogP contribution >= 0.6 is 0 Å². The molecule has 0 heterocycles. The number of nitrogens with zero attached hydrogens (tertiary/aromatic N) is 1. The molecule has 1 aromatic carbocycles. The quantitative estimate of drug-likeness (QED) is 0.629. The van der Waals surface area contributed by atoms with Crippen LogP contribution in [0.15, 0.2) is 24.3 Å². The van der Waals surface area contributed by atoms with Crippen LogP contribution in [-0.2, 0) is 6.54 Å². The molecule has 1 rings (SSSR count). The third kappa shape index (κ3) is 7.51. The summed E-state index contributed by atoms with van der Waals surface area (Å²) in [4.78, 5) is 2.34. The van der Waals surface area contributed by atoms with Crippen molar-refractivity contribution in [2.45, 2.75) is 39.7 Å². The van der Waals surface area contributed by atoms with Gasteiger partial charge in [0.05, 0.1) is 0 Å². The Labute approximate surface area is 124 Å². The van der Waals surface area contributed by atoms with E-state index in [2.05, 4.69) is 55.4 Å². The Kier molecular flexibility index (Phi) is 9.09. The molecule has 0 aliphatic rings. The molecule has 0 aliphatic carbocycles. The van der Waals surface area contributed by atoms with Crippen LogP contribution in [0.3, 0.4) is 0 Å². The molecule has 0 fully saturated rings. The van der Waals surface area contributed by atoms with E-state index in [1.165, 1.54) is 31.4 Å². The lowest BCUT2D eigenvalue weighted by Crippen LogP contribution is -2.25. The molecular weight excluding hydrogens is 248 g/mol. The maximum absolute atomic E-state index is 5.78. The number of likely N-dealkylation sites (N-methyl/N-ethyl adjacent to an activating group) is 1. The average molecular weight is 278 g/mol. The van der Waals surface area contributed by atoms with Crippen LogP contribution in [-0.4, -0.2) is 38.2 Å². The fourth-order valence-electron chi connectivity index (χ4n) is 2.04. The monoisotopic (exact) mass is 278 g/mol. The molecule has 3 heteroatoms. The summed E-state index contributed by atoms with van der Waals surface area (Å²) in [6.07, 6.45) is 3.88. The van der Waals surface area contributed by atoms with Crippen LogP contribution in [0, 0.1) is 0 Å². The summed E-state index contributed by atoms with van der Waals surface area (Å²) in [5.41, 5.74) is 1.30. The van der Waals surface area contributed by atoms with Gasteiger partial charge in [-0.3, -0.25) is 0 Å². The minimum Gasteiger partial charge on any atom is -0.492 e. The number of nitrogens with one attached hydrogen (secondary N) is 1. The minimum atomic E-state index is 0.759. The fourth-order valence-corrected chi connectivity index (χ4v) is 2.04.